The summed E-state index contributed by atoms with van der Waals surface area (Å²) in [5.74, 6) is -0.614. The van der Waals surface area contributed by atoms with Crippen LogP contribution in [-0.4, -0.2) is 71.3 Å². The maximum absolute atomic E-state index is 12.2. The molecule has 0 unspecified atom stereocenters. The van der Waals surface area contributed by atoms with Gasteiger partial charge in [0, 0.05) is 13.2 Å². The van der Waals surface area contributed by atoms with Crippen molar-refractivity contribution in [3.8, 4) is 0 Å². The highest BCUT2D eigenvalue weighted by atomic mass is 32.2. The van der Waals surface area contributed by atoms with E-state index in [1.807, 2.05) is 4.90 Å². The quantitative estimate of drug-likeness (QED) is 0.468. The van der Waals surface area contributed by atoms with Gasteiger partial charge in [-0.05, 0) is 33.5 Å². The van der Waals surface area contributed by atoms with Crippen molar-refractivity contribution >= 4 is 10.0 Å². The molecular weight excluding hydrogens is 354 g/mol. The molecule has 0 heterocycles. The van der Waals surface area contributed by atoms with Crippen LogP contribution < -0.4 is 4.72 Å². The smallest absolute Gasteiger partial charge is 0.361 e. The van der Waals surface area contributed by atoms with Crippen molar-refractivity contribution < 1.29 is 39.5 Å². The van der Waals surface area contributed by atoms with E-state index < -0.39 is 47.3 Å². The van der Waals surface area contributed by atoms with Gasteiger partial charge in [-0.15, -0.1) is 0 Å². The van der Waals surface area contributed by atoms with Crippen molar-refractivity contribution in [3.05, 3.63) is 0 Å². The largest absolute Gasteiger partial charge is 0.423 e. The fourth-order valence-electron chi connectivity index (χ4n) is 1.52. The SMILES string of the molecule is CN(C)CCCNS(=O)(=O)CCCOC(C(F)(F)F)C(F)(F)F. The number of ether oxygens (including phenoxy) is 1. The summed E-state index contributed by atoms with van der Waals surface area (Å²) in [6.07, 6.45) is -15.1. The molecule has 5 nitrogen and oxygen atoms in total. The summed E-state index contributed by atoms with van der Waals surface area (Å²) in [4.78, 5) is 1.83. The molecule has 0 fully saturated rings. The molecule has 0 aromatic heterocycles. The lowest BCUT2D eigenvalue weighted by atomic mass is 10.3. The molecule has 0 amide bonds. The number of nitrogens with zero attached hydrogens (tertiary/aromatic N) is 1. The standard InChI is InChI=1S/C11H20F6N2O3S/c1-19(2)6-3-5-18-23(20,21)8-4-7-22-9(10(12,13)14)11(15,16)17/h9,18H,3-8H2,1-2H3. The first-order chi connectivity index (χ1) is 10.3. The van der Waals surface area contributed by atoms with Crippen LogP contribution in [0.1, 0.15) is 12.8 Å². The minimum atomic E-state index is -5.60. The zero-order valence-electron chi connectivity index (χ0n) is 12.7. The Kier molecular flexibility index (Phi) is 8.81. The molecule has 0 saturated carbocycles. The van der Waals surface area contributed by atoms with Crippen molar-refractivity contribution in [2.24, 2.45) is 0 Å². The minimum Gasteiger partial charge on any atom is -0.361 e. The summed E-state index contributed by atoms with van der Waals surface area (Å²) in [6.45, 7) is -0.206. The average molecular weight is 374 g/mol. The van der Waals surface area contributed by atoms with Crippen LogP contribution in [0.2, 0.25) is 0 Å². The van der Waals surface area contributed by atoms with E-state index in [1.165, 1.54) is 0 Å². The summed E-state index contributed by atoms with van der Waals surface area (Å²) in [6, 6.07) is 0. The van der Waals surface area contributed by atoms with E-state index in [1.54, 1.807) is 14.1 Å². The van der Waals surface area contributed by atoms with E-state index in [4.69, 9.17) is 0 Å². The van der Waals surface area contributed by atoms with Crippen molar-refractivity contribution in [1.82, 2.24) is 9.62 Å². The monoisotopic (exact) mass is 374 g/mol. The second kappa shape index (κ2) is 9.04. The summed E-state index contributed by atoms with van der Waals surface area (Å²) < 4.78 is 102. The molecule has 23 heavy (non-hydrogen) atoms. The predicted molar refractivity (Wildman–Crippen MR) is 71.4 cm³/mol. The Labute approximate surface area is 131 Å². The topological polar surface area (TPSA) is 58.6 Å². The molecule has 0 aliphatic carbocycles. The Bertz CT molecular complexity index is 422. The van der Waals surface area contributed by atoms with Crippen LogP contribution in [0.3, 0.4) is 0 Å². The maximum atomic E-state index is 12.2. The Balaban J connectivity index is 4.18. The molecule has 0 spiro atoms. The minimum absolute atomic E-state index is 0.134. The highest BCUT2D eigenvalue weighted by Gasteiger charge is 2.57. The average Bonchev–Trinajstić information content (AvgIpc) is 2.30. The van der Waals surface area contributed by atoms with E-state index in [0.717, 1.165) is 0 Å². The molecule has 0 saturated heterocycles. The molecule has 1 N–H and O–H groups in total. The van der Waals surface area contributed by atoms with Gasteiger partial charge in [0.15, 0.2) is 0 Å². The second-order valence-corrected chi connectivity index (χ2v) is 6.98. The first-order valence-corrected chi connectivity index (χ1v) is 8.28. The van der Waals surface area contributed by atoms with Gasteiger partial charge in [0.2, 0.25) is 16.1 Å². The molecule has 0 aromatic rings. The Morgan fingerprint density at radius 2 is 1.57 bits per heavy atom. The number of rotatable bonds is 10. The predicted octanol–water partition coefficient (Wildman–Crippen LogP) is 1.76. The molecule has 140 valence electrons. The highest BCUT2D eigenvalue weighted by molar-refractivity contribution is 7.89. The third kappa shape index (κ3) is 10.7. The van der Waals surface area contributed by atoms with Crippen LogP contribution in [0.25, 0.3) is 0 Å². The number of hydrogen-bond acceptors (Lipinski definition) is 4. The van der Waals surface area contributed by atoms with Gasteiger partial charge in [-0.25, -0.2) is 13.1 Å². The second-order valence-electron chi connectivity index (χ2n) is 5.06. The van der Waals surface area contributed by atoms with Gasteiger partial charge >= 0.3 is 12.4 Å². The summed E-state index contributed by atoms with van der Waals surface area (Å²) in [5.41, 5.74) is 0. The molecule has 0 aliphatic heterocycles. The van der Waals surface area contributed by atoms with Gasteiger partial charge in [0.1, 0.15) is 0 Å². The van der Waals surface area contributed by atoms with Crippen molar-refractivity contribution in [3.63, 3.8) is 0 Å². The molecule has 0 bridgehead atoms. The first kappa shape index (κ1) is 22.4. The highest BCUT2D eigenvalue weighted by Crippen LogP contribution is 2.35. The number of nitrogens with one attached hydrogen (secondary N) is 1. The lowest BCUT2D eigenvalue weighted by Crippen LogP contribution is -2.44. The molecule has 0 radical (unpaired) electrons. The van der Waals surface area contributed by atoms with E-state index in [-0.39, 0.29) is 6.54 Å². The van der Waals surface area contributed by atoms with Crippen LogP contribution in [0.5, 0.6) is 0 Å². The number of halogens is 6. The lowest BCUT2D eigenvalue weighted by molar-refractivity contribution is -0.321. The van der Waals surface area contributed by atoms with Gasteiger partial charge in [-0.2, -0.15) is 26.3 Å². The zero-order valence-corrected chi connectivity index (χ0v) is 13.5. The van der Waals surface area contributed by atoms with Crippen molar-refractivity contribution in [2.45, 2.75) is 31.3 Å². The first-order valence-electron chi connectivity index (χ1n) is 6.63. The van der Waals surface area contributed by atoms with Gasteiger partial charge in [-0.3, -0.25) is 0 Å². The van der Waals surface area contributed by atoms with E-state index in [2.05, 4.69) is 9.46 Å². The lowest BCUT2D eigenvalue weighted by Gasteiger charge is -2.23. The van der Waals surface area contributed by atoms with Crippen LogP contribution in [0, 0.1) is 0 Å². The molecule has 0 aromatic carbocycles. The number of sulfonamides is 1. The zero-order chi connectivity index (χ0) is 18.3. The van der Waals surface area contributed by atoms with Crippen LogP contribution in [0.4, 0.5) is 26.3 Å². The number of hydrogen-bond donors (Lipinski definition) is 1. The van der Waals surface area contributed by atoms with Crippen LogP contribution in [-0.2, 0) is 14.8 Å². The Morgan fingerprint density at radius 3 is 2.00 bits per heavy atom. The Morgan fingerprint density at radius 1 is 1.04 bits per heavy atom. The third-order valence-electron chi connectivity index (χ3n) is 2.54. The van der Waals surface area contributed by atoms with E-state index in [0.29, 0.717) is 13.0 Å². The van der Waals surface area contributed by atoms with Gasteiger partial charge in [-0.1, -0.05) is 0 Å². The van der Waals surface area contributed by atoms with Gasteiger partial charge < -0.3 is 9.64 Å². The van der Waals surface area contributed by atoms with Crippen LogP contribution in [0.15, 0.2) is 0 Å². The third-order valence-corrected chi connectivity index (χ3v) is 4.01. The fraction of sp³-hybridized carbons (Fsp3) is 1.00. The molecule has 0 aliphatic rings. The summed E-state index contributed by atoms with van der Waals surface area (Å²) in [5, 5.41) is 0. The Hall–Kier alpha value is -0.590. The maximum Gasteiger partial charge on any atom is 0.423 e. The van der Waals surface area contributed by atoms with E-state index in [9.17, 15) is 34.8 Å². The van der Waals surface area contributed by atoms with Crippen LogP contribution >= 0.6 is 0 Å². The summed E-state index contributed by atoms with van der Waals surface area (Å²) >= 11 is 0. The normalized spacial score (nSPS) is 14.0. The molecule has 12 heteroatoms. The van der Waals surface area contributed by atoms with Gasteiger partial charge in [0.25, 0.3) is 0 Å². The molecule has 0 atom stereocenters. The van der Waals surface area contributed by atoms with Crippen molar-refractivity contribution in [1.29, 1.82) is 0 Å². The molecular formula is C11H20F6N2O3S. The fourth-order valence-corrected chi connectivity index (χ4v) is 2.62. The van der Waals surface area contributed by atoms with E-state index >= 15 is 0 Å². The summed E-state index contributed by atoms with van der Waals surface area (Å²) in [7, 11) is -0.169. The van der Waals surface area contributed by atoms with Gasteiger partial charge in [0.05, 0.1) is 5.75 Å². The number of alkyl halides is 6. The van der Waals surface area contributed by atoms with Crippen molar-refractivity contribution in [2.75, 3.05) is 39.5 Å². The molecule has 0 rings (SSSR count).